The molecule has 0 fully saturated rings. The van der Waals surface area contributed by atoms with Crippen molar-refractivity contribution in [1.82, 2.24) is 0 Å². The zero-order chi connectivity index (χ0) is 28.8. The molecule has 40 heavy (non-hydrogen) atoms. The maximum atomic E-state index is 13.1. The van der Waals surface area contributed by atoms with Gasteiger partial charge in [-0.2, -0.15) is 5.26 Å². The van der Waals surface area contributed by atoms with Crippen LogP contribution in [0.5, 0.6) is 11.5 Å². The van der Waals surface area contributed by atoms with E-state index < -0.39 is 16.8 Å². The molecule has 4 aromatic rings. The van der Waals surface area contributed by atoms with Gasteiger partial charge in [-0.15, -0.1) is 0 Å². The van der Waals surface area contributed by atoms with E-state index in [-0.39, 0.29) is 40.1 Å². The van der Waals surface area contributed by atoms with Crippen molar-refractivity contribution in [2.24, 2.45) is 0 Å². The number of halogens is 2. The van der Waals surface area contributed by atoms with E-state index in [2.05, 4.69) is 21.2 Å². The number of amides is 1. The number of benzene rings is 4. The fourth-order valence-electron chi connectivity index (χ4n) is 3.81. The maximum absolute atomic E-state index is 13.1. The third kappa shape index (κ3) is 6.29. The van der Waals surface area contributed by atoms with Crippen LogP contribution in [-0.4, -0.2) is 23.4 Å². The monoisotopic (exact) mass is 619 g/mol. The maximum Gasteiger partial charge on any atom is 0.344 e. The molecule has 4 rings (SSSR count). The lowest BCUT2D eigenvalue weighted by Gasteiger charge is -2.14. The highest BCUT2D eigenvalue weighted by Gasteiger charge is 2.20. The quantitative estimate of drug-likeness (QED) is 0.0545. The Morgan fingerprint density at radius 2 is 1.88 bits per heavy atom. The minimum Gasteiger partial charge on any atom is -0.490 e. The first kappa shape index (κ1) is 28.3. The molecule has 0 saturated heterocycles. The second-order valence-electron chi connectivity index (χ2n) is 8.22. The van der Waals surface area contributed by atoms with Gasteiger partial charge in [0.2, 0.25) is 0 Å². The molecule has 9 nitrogen and oxygen atoms in total. The fourth-order valence-corrected chi connectivity index (χ4v) is 4.57. The molecule has 0 radical (unpaired) electrons. The minimum atomic E-state index is -0.779. The number of nitrogens with zero attached hydrogens (tertiary/aromatic N) is 2. The van der Waals surface area contributed by atoms with Gasteiger partial charge in [0.1, 0.15) is 11.6 Å². The molecule has 0 saturated carbocycles. The van der Waals surface area contributed by atoms with Crippen molar-refractivity contribution >= 4 is 67.6 Å². The van der Waals surface area contributed by atoms with Gasteiger partial charge in [0, 0.05) is 12.1 Å². The number of hydrogen-bond donors (Lipinski definition) is 1. The number of nitriles is 1. The van der Waals surface area contributed by atoms with Crippen LogP contribution in [0, 0.1) is 21.4 Å². The Balaban J connectivity index is 1.62. The third-order valence-corrected chi connectivity index (χ3v) is 6.53. The summed E-state index contributed by atoms with van der Waals surface area (Å²) in [5.41, 5.74) is 0.370. The Labute approximate surface area is 241 Å². The minimum absolute atomic E-state index is 0.0569. The number of nitro benzene ring substituents is 1. The largest absolute Gasteiger partial charge is 0.490 e. The van der Waals surface area contributed by atoms with Crippen molar-refractivity contribution in [3.63, 3.8) is 0 Å². The Kier molecular flexibility index (Phi) is 8.79. The lowest BCUT2D eigenvalue weighted by molar-refractivity contribution is -0.384. The van der Waals surface area contributed by atoms with Crippen LogP contribution in [-0.2, 0) is 4.79 Å². The van der Waals surface area contributed by atoms with Gasteiger partial charge in [0.15, 0.2) is 11.5 Å². The molecule has 0 aliphatic carbocycles. The van der Waals surface area contributed by atoms with Crippen molar-refractivity contribution in [3.05, 3.63) is 109 Å². The summed E-state index contributed by atoms with van der Waals surface area (Å²) in [5.74, 6) is -1.01. The van der Waals surface area contributed by atoms with Gasteiger partial charge in [-0.1, -0.05) is 48.0 Å². The van der Waals surface area contributed by atoms with Gasteiger partial charge in [0.05, 0.1) is 32.3 Å². The first-order valence-corrected chi connectivity index (χ1v) is 12.9. The lowest BCUT2D eigenvalue weighted by Crippen LogP contribution is -2.14. The van der Waals surface area contributed by atoms with E-state index in [0.29, 0.717) is 15.6 Å². The molecule has 0 heterocycles. The van der Waals surface area contributed by atoms with Crippen LogP contribution in [0.25, 0.3) is 16.8 Å². The van der Waals surface area contributed by atoms with Gasteiger partial charge in [-0.25, -0.2) is 4.79 Å². The van der Waals surface area contributed by atoms with E-state index >= 15 is 0 Å². The highest BCUT2D eigenvalue weighted by molar-refractivity contribution is 9.10. The smallest absolute Gasteiger partial charge is 0.344 e. The Morgan fingerprint density at radius 3 is 2.58 bits per heavy atom. The number of nitrogens with one attached hydrogen (secondary N) is 1. The standard InChI is InChI=1S/C29H19BrClN3O6/c1-2-39-26-14-17(12-19(16-32)28(35)33-25-11-10-20(34(37)38)15-24(25)31)13-23(30)27(26)40-29(36)22-9-5-7-18-6-3-4-8-21(18)22/h3-15H,2H2,1H3,(H,33,35)/b19-12-. The average Bonchev–Trinajstić information content (AvgIpc) is 2.94. The van der Waals surface area contributed by atoms with Gasteiger partial charge in [-0.05, 0) is 69.5 Å². The van der Waals surface area contributed by atoms with Gasteiger partial charge < -0.3 is 14.8 Å². The molecule has 0 aliphatic heterocycles. The highest BCUT2D eigenvalue weighted by atomic mass is 79.9. The van der Waals surface area contributed by atoms with Crippen molar-refractivity contribution in [1.29, 1.82) is 5.26 Å². The summed E-state index contributed by atoms with van der Waals surface area (Å²) in [7, 11) is 0. The molecule has 0 aromatic heterocycles. The van der Waals surface area contributed by atoms with Crippen molar-refractivity contribution < 1.29 is 24.0 Å². The normalized spacial score (nSPS) is 11.0. The van der Waals surface area contributed by atoms with Crippen molar-refractivity contribution in [2.75, 3.05) is 11.9 Å². The van der Waals surface area contributed by atoms with Gasteiger partial charge in [0.25, 0.3) is 11.6 Å². The molecule has 0 atom stereocenters. The summed E-state index contributed by atoms with van der Waals surface area (Å²) in [6.45, 7) is 2.01. The summed E-state index contributed by atoms with van der Waals surface area (Å²) in [6.07, 6.45) is 1.32. The van der Waals surface area contributed by atoms with Gasteiger partial charge >= 0.3 is 5.97 Å². The number of hydrogen-bond acceptors (Lipinski definition) is 7. The second kappa shape index (κ2) is 12.4. The van der Waals surface area contributed by atoms with Crippen LogP contribution in [0.4, 0.5) is 11.4 Å². The lowest BCUT2D eigenvalue weighted by atomic mass is 10.0. The number of rotatable bonds is 8. The first-order chi connectivity index (χ1) is 19.2. The number of fused-ring (bicyclic) bond motifs is 1. The number of esters is 1. The number of anilines is 1. The molecular formula is C29H19BrClN3O6. The topological polar surface area (TPSA) is 132 Å². The summed E-state index contributed by atoms with van der Waals surface area (Å²) < 4.78 is 11.8. The van der Waals surface area contributed by atoms with Crippen molar-refractivity contribution in [3.8, 4) is 17.6 Å². The van der Waals surface area contributed by atoms with E-state index in [1.807, 2.05) is 36.4 Å². The number of carbonyl (C=O) groups excluding carboxylic acids is 2. The molecule has 0 spiro atoms. The van der Waals surface area contributed by atoms with Crippen LogP contribution in [0.3, 0.4) is 0 Å². The van der Waals surface area contributed by atoms with E-state index in [1.54, 1.807) is 25.1 Å². The summed E-state index contributed by atoms with van der Waals surface area (Å²) in [4.78, 5) is 36.2. The average molecular weight is 621 g/mol. The van der Waals surface area contributed by atoms with Crippen LogP contribution < -0.4 is 14.8 Å². The molecule has 1 N–H and O–H groups in total. The molecule has 0 aliphatic rings. The first-order valence-electron chi connectivity index (χ1n) is 11.7. The molecule has 1 amide bonds. The zero-order valence-electron chi connectivity index (χ0n) is 20.8. The Hall–Kier alpha value is -4.72. The van der Waals surface area contributed by atoms with Crippen LogP contribution in [0.15, 0.2) is 82.8 Å². The van der Waals surface area contributed by atoms with Crippen LogP contribution >= 0.6 is 27.5 Å². The number of carbonyl (C=O) groups is 2. The molecule has 200 valence electrons. The number of ether oxygens (including phenoxy) is 2. The Bertz CT molecular complexity index is 1730. The summed E-state index contributed by atoms with van der Waals surface area (Å²) in [5, 5.41) is 24.6. The zero-order valence-corrected chi connectivity index (χ0v) is 23.2. The number of non-ortho nitro benzene ring substituents is 1. The van der Waals surface area contributed by atoms with E-state index in [1.165, 1.54) is 24.3 Å². The molecule has 0 unspecified atom stereocenters. The molecule has 0 bridgehead atoms. The Morgan fingerprint density at radius 1 is 1.12 bits per heavy atom. The molecule has 11 heteroatoms. The third-order valence-electron chi connectivity index (χ3n) is 5.62. The van der Waals surface area contributed by atoms with Gasteiger partial charge in [-0.3, -0.25) is 14.9 Å². The number of nitro groups is 1. The SMILES string of the molecule is CCOc1cc(/C=C(/C#N)C(=O)Nc2ccc([N+](=O)[O-])cc2Cl)cc(Br)c1OC(=O)c1cccc2ccccc12. The summed E-state index contributed by atoms with van der Waals surface area (Å²) in [6, 6.07) is 21.3. The van der Waals surface area contributed by atoms with E-state index in [9.17, 15) is 25.0 Å². The summed E-state index contributed by atoms with van der Waals surface area (Å²) >= 11 is 9.46. The van der Waals surface area contributed by atoms with Crippen molar-refractivity contribution in [2.45, 2.75) is 6.92 Å². The van der Waals surface area contributed by atoms with Crippen LogP contribution in [0.2, 0.25) is 5.02 Å². The molecule has 4 aromatic carbocycles. The van der Waals surface area contributed by atoms with Crippen LogP contribution in [0.1, 0.15) is 22.8 Å². The van der Waals surface area contributed by atoms with E-state index in [4.69, 9.17) is 21.1 Å². The highest BCUT2D eigenvalue weighted by Crippen LogP contribution is 2.38. The predicted molar refractivity (Wildman–Crippen MR) is 155 cm³/mol. The molecular weight excluding hydrogens is 602 g/mol. The predicted octanol–water partition coefficient (Wildman–Crippen LogP) is 7.33. The second-order valence-corrected chi connectivity index (χ2v) is 9.49. The fraction of sp³-hybridized carbons (Fsp3) is 0.0690. The van der Waals surface area contributed by atoms with E-state index in [0.717, 1.165) is 16.8 Å².